The molecule has 3 nitrogen and oxygen atoms in total. The zero-order chi connectivity index (χ0) is 18.1. The van der Waals surface area contributed by atoms with E-state index in [9.17, 15) is 10.1 Å². The number of hydrogen-bond acceptors (Lipinski definition) is 2. The van der Waals surface area contributed by atoms with E-state index in [4.69, 9.17) is 0 Å². The molecule has 2 atom stereocenters. The normalized spacial score (nSPS) is 19.0. The molecule has 4 rings (SSSR count). The van der Waals surface area contributed by atoms with Crippen LogP contribution in [0.15, 0.2) is 85.0 Å². The van der Waals surface area contributed by atoms with E-state index in [-0.39, 0.29) is 16.5 Å². The molecule has 26 heavy (non-hydrogen) atoms. The van der Waals surface area contributed by atoms with E-state index in [0.29, 0.717) is 11.5 Å². The van der Waals surface area contributed by atoms with Crippen LogP contribution < -0.4 is 0 Å². The van der Waals surface area contributed by atoms with Gasteiger partial charge in [-0.25, -0.2) is 0 Å². The maximum Gasteiger partial charge on any atom is 0.277 e. The molecule has 0 heterocycles. The highest BCUT2D eigenvalue weighted by molar-refractivity contribution is 5.98. The molecule has 0 N–H and O–H groups in total. The van der Waals surface area contributed by atoms with E-state index in [2.05, 4.69) is 25.2 Å². The maximum absolute atomic E-state index is 11.7. The van der Waals surface area contributed by atoms with E-state index in [1.54, 1.807) is 6.07 Å². The second-order valence-corrected chi connectivity index (χ2v) is 6.72. The zero-order valence-electron chi connectivity index (χ0n) is 14.5. The maximum atomic E-state index is 11.7. The number of benzene rings is 3. The van der Waals surface area contributed by atoms with Crippen LogP contribution in [0.5, 0.6) is 0 Å². The lowest BCUT2D eigenvalue weighted by atomic mass is 9.83. The third-order valence-electron chi connectivity index (χ3n) is 5.09. The van der Waals surface area contributed by atoms with Gasteiger partial charge in [-0.15, -0.1) is 0 Å². The molecule has 3 heteroatoms. The van der Waals surface area contributed by atoms with Gasteiger partial charge in [-0.2, -0.15) is 0 Å². The molecule has 0 saturated heterocycles. The van der Waals surface area contributed by atoms with Gasteiger partial charge >= 0.3 is 0 Å². The van der Waals surface area contributed by atoms with Gasteiger partial charge in [-0.05, 0) is 33.9 Å². The van der Waals surface area contributed by atoms with Crippen molar-refractivity contribution in [2.45, 2.75) is 12.8 Å². The Kier molecular flexibility index (Phi) is 4.13. The summed E-state index contributed by atoms with van der Waals surface area (Å²) >= 11 is 0. The lowest BCUT2D eigenvalue weighted by Gasteiger charge is -2.21. The van der Waals surface area contributed by atoms with E-state index in [1.807, 2.05) is 60.7 Å². The number of fused-ring (bicyclic) bond motifs is 1. The Bertz CT molecular complexity index is 1040. The predicted octanol–water partition coefficient (Wildman–Crippen LogP) is 6.26. The molecule has 1 aliphatic carbocycles. The summed E-state index contributed by atoms with van der Waals surface area (Å²) in [4.78, 5) is 11.4. The van der Waals surface area contributed by atoms with Gasteiger partial charge in [0.25, 0.3) is 5.69 Å². The minimum atomic E-state index is -0.291. The Morgan fingerprint density at radius 3 is 2.46 bits per heavy atom. The third kappa shape index (κ3) is 2.82. The Morgan fingerprint density at radius 1 is 0.885 bits per heavy atom. The number of nitrogens with zero attached hydrogens (tertiary/aromatic N) is 1. The summed E-state index contributed by atoms with van der Waals surface area (Å²) in [5.74, 6) is 0.594. The highest BCUT2D eigenvalue weighted by Crippen LogP contribution is 2.39. The molecule has 3 aromatic rings. The quantitative estimate of drug-likeness (QED) is 0.417. The Morgan fingerprint density at radius 2 is 1.65 bits per heavy atom. The molecule has 0 aromatic heterocycles. The molecule has 0 spiro atoms. The van der Waals surface area contributed by atoms with Gasteiger partial charge in [0.05, 0.1) is 10.5 Å². The minimum Gasteiger partial charge on any atom is -0.258 e. The third-order valence-corrected chi connectivity index (χ3v) is 5.09. The van der Waals surface area contributed by atoms with Gasteiger partial charge in [0.2, 0.25) is 0 Å². The van der Waals surface area contributed by atoms with Crippen molar-refractivity contribution in [1.29, 1.82) is 0 Å². The summed E-state index contributed by atoms with van der Waals surface area (Å²) in [6, 6.07) is 19.5. The molecular formula is C23H19NO2. The Balaban J connectivity index is 1.93. The van der Waals surface area contributed by atoms with Crippen molar-refractivity contribution in [3.8, 4) is 11.1 Å². The Labute approximate surface area is 152 Å². The first kappa shape index (κ1) is 16.3. The van der Waals surface area contributed by atoms with E-state index >= 15 is 0 Å². The molecule has 0 aliphatic heterocycles. The zero-order valence-corrected chi connectivity index (χ0v) is 14.5. The van der Waals surface area contributed by atoms with Gasteiger partial charge in [-0.1, -0.05) is 79.8 Å². The fourth-order valence-corrected chi connectivity index (χ4v) is 3.73. The summed E-state index contributed by atoms with van der Waals surface area (Å²) in [6.07, 6.45) is 8.43. The number of rotatable bonds is 3. The molecule has 0 bridgehead atoms. The largest absolute Gasteiger partial charge is 0.277 e. The number of nitro groups is 1. The van der Waals surface area contributed by atoms with Crippen LogP contribution in [0.1, 0.15) is 18.4 Å². The standard InChI is InChI=1S/C23H19NO2/c1-16-7-2-4-10-19(16)18-13-14-23(24(25)26)22(15-18)21-12-6-9-17-8-3-5-11-20(17)21/h2-16,19H,1H3. The molecule has 0 amide bonds. The van der Waals surface area contributed by atoms with Crippen molar-refractivity contribution < 1.29 is 4.92 Å². The molecule has 128 valence electrons. The average Bonchev–Trinajstić information content (AvgIpc) is 2.67. The van der Waals surface area contributed by atoms with Gasteiger partial charge in [-0.3, -0.25) is 10.1 Å². The van der Waals surface area contributed by atoms with Crippen LogP contribution in [0.2, 0.25) is 0 Å². The van der Waals surface area contributed by atoms with Crippen LogP contribution in [-0.2, 0) is 0 Å². The molecule has 2 unspecified atom stereocenters. The first-order valence-corrected chi connectivity index (χ1v) is 8.76. The monoisotopic (exact) mass is 341 g/mol. The van der Waals surface area contributed by atoms with Gasteiger partial charge < -0.3 is 0 Å². The van der Waals surface area contributed by atoms with Crippen LogP contribution in [-0.4, -0.2) is 4.92 Å². The summed E-state index contributed by atoms with van der Waals surface area (Å²) in [7, 11) is 0. The molecule has 0 radical (unpaired) electrons. The fraction of sp³-hybridized carbons (Fsp3) is 0.130. The van der Waals surface area contributed by atoms with Crippen molar-refractivity contribution >= 4 is 16.5 Å². The van der Waals surface area contributed by atoms with Crippen LogP contribution in [0.3, 0.4) is 0 Å². The summed E-state index contributed by atoms with van der Waals surface area (Å²) < 4.78 is 0. The molecule has 1 aliphatic rings. The van der Waals surface area contributed by atoms with E-state index in [1.165, 1.54) is 0 Å². The molecule has 3 aromatic carbocycles. The van der Waals surface area contributed by atoms with Crippen LogP contribution in [0, 0.1) is 16.0 Å². The summed E-state index contributed by atoms with van der Waals surface area (Å²) in [6.45, 7) is 2.17. The lowest BCUT2D eigenvalue weighted by Crippen LogP contribution is -2.08. The first-order chi connectivity index (χ1) is 12.6. The van der Waals surface area contributed by atoms with E-state index < -0.39 is 0 Å². The van der Waals surface area contributed by atoms with Gasteiger partial charge in [0.15, 0.2) is 0 Å². The highest BCUT2D eigenvalue weighted by atomic mass is 16.6. The van der Waals surface area contributed by atoms with E-state index in [0.717, 1.165) is 21.9 Å². The highest BCUT2D eigenvalue weighted by Gasteiger charge is 2.22. The SMILES string of the molecule is CC1C=CC=CC1c1ccc([N+](=O)[O-])c(-c2cccc3ccccc23)c1. The van der Waals surface area contributed by atoms with Gasteiger partial charge in [0, 0.05) is 12.0 Å². The van der Waals surface area contributed by atoms with Gasteiger partial charge in [0.1, 0.15) is 0 Å². The molecular weight excluding hydrogens is 322 g/mol. The van der Waals surface area contributed by atoms with Crippen LogP contribution in [0.25, 0.3) is 21.9 Å². The topological polar surface area (TPSA) is 43.1 Å². The Hall–Kier alpha value is -3.20. The van der Waals surface area contributed by atoms with Crippen molar-refractivity contribution in [1.82, 2.24) is 0 Å². The number of allylic oxidation sites excluding steroid dienone is 4. The van der Waals surface area contributed by atoms with Crippen LogP contribution >= 0.6 is 0 Å². The smallest absolute Gasteiger partial charge is 0.258 e. The lowest BCUT2D eigenvalue weighted by molar-refractivity contribution is -0.384. The molecule has 0 fully saturated rings. The first-order valence-electron chi connectivity index (χ1n) is 8.76. The van der Waals surface area contributed by atoms with Crippen molar-refractivity contribution in [3.05, 3.63) is 101 Å². The number of nitro benzene ring substituents is 1. The summed E-state index contributed by atoms with van der Waals surface area (Å²) in [5, 5.41) is 13.8. The number of hydrogen-bond donors (Lipinski definition) is 0. The fourth-order valence-electron chi connectivity index (χ4n) is 3.73. The predicted molar refractivity (Wildman–Crippen MR) is 106 cm³/mol. The van der Waals surface area contributed by atoms with Crippen molar-refractivity contribution in [2.24, 2.45) is 5.92 Å². The second-order valence-electron chi connectivity index (χ2n) is 6.72. The average molecular weight is 341 g/mol. The van der Waals surface area contributed by atoms with Crippen molar-refractivity contribution in [2.75, 3.05) is 0 Å². The molecule has 0 saturated carbocycles. The summed E-state index contributed by atoms with van der Waals surface area (Å²) in [5.41, 5.74) is 2.83. The minimum absolute atomic E-state index is 0.146. The van der Waals surface area contributed by atoms with Crippen LogP contribution in [0.4, 0.5) is 5.69 Å². The second kappa shape index (κ2) is 6.60. The van der Waals surface area contributed by atoms with Crippen molar-refractivity contribution in [3.63, 3.8) is 0 Å².